The van der Waals surface area contributed by atoms with E-state index in [4.69, 9.17) is 10.7 Å². The minimum atomic E-state index is 0.202. The number of thiophene rings is 1. The van der Waals surface area contributed by atoms with Crippen LogP contribution in [0.5, 0.6) is 0 Å². The molecule has 1 aromatic carbocycles. The summed E-state index contributed by atoms with van der Waals surface area (Å²) in [6.45, 7) is 1.60. The summed E-state index contributed by atoms with van der Waals surface area (Å²) in [6, 6.07) is 12.9. The van der Waals surface area contributed by atoms with Crippen LogP contribution in [0.15, 0.2) is 65.7 Å². The number of pyridine rings is 1. The maximum Gasteiger partial charge on any atom is 0.155 e. The molecule has 0 amide bonds. The van der Waals surface area contributed by atoms with Gasteiger partial charge in [0.05, 0.1) is 23.8 Å². The number of nitrogens with zero attached hydrogens (tertiary/aromatic N) is 5. The van der Waals surface area contributed by atoms with Gasteiger partial charge in [-0.15, -0.1) is 0 Å². The van der Waals surface area contributed by atoms with Crippen LogP contribution in [0.1, 0.15) is 0 Å². The van der Waals surface area contributed by atoms with E-state index in [1.807, 2.05) is 0 Å². The number of rotatable bonds is 4. The van der Waals surface area contributed by atoms with Gasteiger partial charge in [0.1, 0.15) is 11.5 Å². The van der Waals surface area contributed by atoms with Gasteiger partial charge in [-0.3, -0.25) is 10.1 Å². The van der Waals surface area contributed by atoms with Gasteiger partial charge in [0.2, 0.25) is 0 Å². The Balaban J connectivity index is 1.31. The van der Waals surface area contributed by atoms with Crippen LogP contribution in [0.3, 0.4) is 0 Å². The maximum atomic E-state index is 5.93. The molecule has 7 rings (SSSR count). The predicted octanol–water partition coefficient (Wildman–Crippen LogP) is 4.44. The van der Waals surface area contributed by atoms with Crippen LogP contribution in [0.2, 0.25) is 0 Å². The van der Waals surface area contributed by atoms with Crippen LogP contribution in [-0.2, 0) is 0 Å². The number of benzene rings is 1. The van der Waals surface area contributed by atoms with Gasteiger partial charge in [0.25, 0.3) is 0 Å². The molecule has 9 heteroatoms. The zero-order valence-electron chi connectivity index (χ0n) is 18.1. The topological polar surface area (TPSA) is 112 Å². The fourth-order valence-corrected chi connectivity index (χ4v) is 5.20. The van der Waals surface area contributed by atoms with Crippen molar-refractivity contribution in [2.45, 2.75) is 6.04 Å². The fraction of sp³-hybridized carbons (Fsp3) is 0.120. The predicted molar refractivity (Wildman–Crippen MR) is 136 cm³/mol. The molecule has 6 heterocycles. The first-order valence-corrected chi connectivity index (χ1v) is 12.0. The van der Waals surface area contributed by atoms with Gasteiger partial charge >= 0.3 is 0 Å². The second kappa shape index (κ2) is 7.47. The summed E-state index contributed by atoms with van der Waals surface area (Å²) >= 11 is 1.70. The average Bonchev–Trinajstić information content (AvgIpc) is 3.60. The molecule has 0 radical (unpaired) electrons. The van der Waals surface area contributed by atoms with Crippen LogP contribution in [0, 0.1) is 0 Å². The standard InChI is InChI=1S/C25H20N8S/c26-16-11-33(12-16)23-10-27-9-22(30-23)15-6-19-24(31-32-25(19)28-8-15)21-7-18-17(14-4-5-34-13-14)2-1-3-20(18)29-21/h1-10,13,16,29H,11-12,26H2,(H,28,31,32). The van der Waals surface area contributed by atoms with Crippen LogP contribution in [-0.4, -0.2) is 49.3 Å². The summed E-state index contributed by atoms with van der Waals surface area (Å²) < 4.78 is 0. The summed E-state index contributed by atoms with van der Waals surface area (Å²) in [4.78, 5) is 19.5. The Morgan fingerprint density at radius 2 is 1.97 bits per heavy atom. The zero-order valence-corrected chi connectivity index (χ0v) is 18.9. The second-order valence-electron chi connectivity index (χ2n) is 8.58. The molecule has 1 saturated heterocycles. The quantitative estimate of drug-likeness (QED) is 0.356. The maximum absolute atomic E-state index is 5.93. The van der Waals surface area contributed by atoms with Crippen molar-refractivity contribution in [1.82, 2.24) is 30.1 Å². The first kappa shape index (κ1) is 19.4. The lowest BCUT2D eigenvalue weighted by molar-refractivity contribution is 0.514. The SMILES string of the molecule is NC1CN(c2cncc(-c3cnc4[nH]nc(-c5cc6c(-c7ccsc7)cccc6[nH]5)c4c3)n2)C1. The third-order valence-electron chi connectivity index (χ3n) is 6.32. The van der Waals surface area contributed by atoms with Gasteiger partial charge < -0.3 is 15.6 Å². The molecule has 6 aromatic rings. The van der Waals surface area contributed by atoms with Crippen molar-refractivity contribution in [3.8, 4) is 33.8 Å². The highest BCUT2D eigenvalue weighted by Crippen LogP contribution is 2.35. The Morgan fingerprint density at radius 3 is 2.82 bits per heavy atom. The number of hydrogen-bond acceptors (Lipinski definition) is 7. The van der Waals surface area contributed by atoms with E-state index in [1.165, 1.54) is 16.5 Å². The molecule has 0 atom stereocenters. The molecule has 1 aliphatic rings. The first-order valence-electron chi connectivity index (χ1n) is 11.0. The smallest absolute Gasteiger partial charge is 0.155 e. The zero-order chi connectivity index (χ0) is 22.6. The summed E-state index contributed by atoms with van der Waals surface area (Å²) in [6.07, 6.45) is 5.35. The summed E-state index contributed by atoms with van der Waals surface area (Å²) in [5, 5.41) is 14.0. The number of nitrogens with one attached hydrogen (secondary N) is 2. The Kier molecular flexibility index (Phi) is 4.26. The molecule has 0 bridgehead atoms. The highest BCUT2D eigenvalue weighted by atomic mass is 32.1. The molecule has 4 N–H and O–H groups in total. The molecule has 8 nitrogen and oxygen atoms in total. The van der Waals surface area contributed by atoms with Gasteiger partial charge in [-0.1, -0.05) is 12.1 Å². The number of H-pyrrole nitrogens is 2. The van der Waals surface area contributed by atoms with Gasteiger partial charge in [-0.2, -0.15) is 16.4 Å². The minimum Gasteiger partial charge on any atom is -0.353 e. The largest absolute Gasteiger partial charge is 0.353 e. The molecule has 0 aliphatic carbocycles. The lowest BCUT2D eigenvalue weighted by Gasteiger charge is -2.37. The third-order valence-corrected chi connectivity index (χ3v) is 7.00. The van der Waals surface area contributed by atoms with Crippen molar-refractivity contribution in [1.29, 1.82) is 0 Å². The van der Waals surface area contributed by atoms with Gasteiger partial charge in [0.15, 0.2) is 5.65 Å². The number of aromatic nitrogens is 6. The van der Waals surface area contributed by atoms with E-state index in [9.17, 15) is 0 Å². The van der Waals surface area contributed by atoms with E-state index in [0.717, 1.165) is 58.1 Å². The highest BCUT2D eigenvalue weighted by molar-refractivity contribution is 7.08. The molecule has 0 unspecified atom stereocenters. The van der Waals surface area contributed by atoms with E-state index in [0.29, 0.717) is 0 Å². The molecule has 5 aromatic heterocycles. The molecule has 1 aliphatic heterocycles. The lowest BCUT2D eigenvalue weighted by atomic mass is 10.0. The molecule has 1 fully saturated rings. The summed E-state index contributed by atoms with van der Waals surface area (Å²) in [7, 11) is 0. The van der Waals surface area contributed by atoms with Crippen LogP contribution >= 0.6 is 11.3 Å². The summed E-state index contributed by atoms with van der Waals surface area (Å²) in [5.74, 6) is 0.836. The molecule has 0 saturated carbocycles. The van der Waals surface area contributed by atoms with Crippen LogP contribution in [0.4, 0.5) is 5.82 Å². The monoisotopic (exact) mass is 464 g/mol. The molecular formula is C25H20N8S. The average molecular weight is 465 g/mol. The van der Waals surface area contributed by atoms with E-state index < -0.39 is 0 Å². The Bertz CT molecular complexity index is 1640. The summed E-state index contributed by atoms with van der Waals surface area (Å²) in [5.41, 5.74) is 13.6. The van der Waals surface area contributed by atoms with Gasteiger partial charge in [-0.05, 0) is 46.2 Å². The minimum absolute atomic E-state index is 0.202. The third kappa shape index (κ3) is 3.09. The molecule has 166 valence electrons. The first-order chi connectivity index (χ1) is 16.7. The fourth-order valence-electron chi connectivity index (χ4n) is 4.55. The van der Waals surface area contributed by atoms with Gasteiger partial charge in [0, 0.05) is 47.2 Å². The van der Waals surface area contributed by atoms with Crippen molar-refractivity contribution in [2.75, 3.05) is 18.0 Å². The van der Waals surface area contributed by atoms with Crippen molar-refractivity contribution in [3.05, 3.63) is 65.7 Å². The number of fused-ring (bicyclic) bond motifs is 2. The number of anilines is 1. The van der Waals surface area contributed by atoms with E-state index >= 15 is 0 Å². The normalized spacial score (nSPS) is 14.2. The van der Waals surface area contributed by atoms with Crippen molar-refractivity contribution in [3.63, 3.8) is 0 Å². The Hall–Kier alpha value is -4.08. The van der Waals surface area contributed by atoms with Crippen LogP contribution in [0.25, 0.3) is 55.7 Å². The second-order valence-corrected chi connectivity index (χ2v) is 9.36. The van der Waals surface area contributed by atoms with Crippen LogP contribution < -0.4 is 10.6 Å². The number of aromatic amines is 2. The van der Waals surface area contributed by atoms with Crippen molar-refractivity contribution in [2.24, 2.45) is 5.73 Å². The van der Waals surface area contributed by atoms with E-state index in [-0.39, 0.29) is 6.04 Å². The van der Waals surface area contributed by atoms with Crippen molar-refractivity contribution < 1.29 is 0 Å². The Labute approximate surface area is 198 Å². The van der Waals surface area contributed by atoms with E-state index in [2.05, 4.69) is 77.2 Å². The molecule has 34 heavy (non-hydrogen) atoms. The van der Waals surface area contributed by atoms with Crippen molar-refractivity contribution >= 4 is 39.1 Å². The lowest BCUT2D eigenvalue weighted by Crippen LogP contribution is -2.56. The molecular weight excluding hydrogens is 444 g/mol. The molecule has 0 spiro atoms. The Morgan fingerprint density at radius 1 is 1.03 bits per heavy atom. The highest BCUT2D eigenvalue weighted by Gasteiger charge is 2.24. The van der Waals surface area contributed by atoms with E-state index in [1.54, 1.807) is 29.9 Å². The number of nitrogens with two attached hydrogens (primary N) is 1. The number of hydrogen-bond donors (Lipinski definition) is 3. The van der Waals surface area contributed by atoms with Gasteiger partial charge in [-0.25, -0.2) is 9.97 Å².